The Labute approximate surface area is 90.3 Å². The van der Waals surface area contributed by atoms with Gasteiger partial charge in [-0.3, -0.25) is 0 Å². The highest BCUT2D eigenvalue weighted by Crippen LogP contribution is 2.24. The molecule has 0 radical (unpaired) electrons. The minimum absolute atomic E-state index is 0.760. The molecule has 1 rings (SSSR count). The molecule has 14 heavy (non-hydrogen) atoms. The van der Waals surface area contributed by atoms with Crippen LogP contribution < -0.4 is 4.90 Å². The van der Waals surface area contributed by atoms with Gasteiger partial charge in [-0.25, -0.2) is 0 Å². The van der Waals surface area contributed by atoms with E-state index in [-0.39, 0.29) is 0 Å². The van der Waals surface area contributed by atoms with Crippen LogP contribution in [0, 0.1) is 0 Å². The molecule has 0 aromatic heterocycles. The first-order chi connectivity index (χ1) is 6.79. The standard InChI is InChI=1S/C12H14ClN/c1-3-9-14(10-4-2)12-8-6-5-7-11(12)13/h3-8H,1-2,9-10H2. The van der Waals surface area contributed by atoms with Gasteiger partial charge in [0.15, 0.2) is 0 Å². The summed E-state index contributed by atoms with van der Waals surface area (Å²) >= 11 is 6.08. The van der Waals surface area contributed by atoms with Crippen LogP contribution in [0.3, 0.4) is 0 Å². The zero-order valence-electron chi connectivity index (χ0n) is 8.12. The molecule has 0 amide bonds. The first kappa shape index (κ1) is 10.9. The van der Waals surface area contributed by atoms with Crippen LogP contribution in [0.1, 0.15) is 0 Å². The van der Waals surface area contributed by atoms with Crippen molar-refractivity contribution < 1.29 is 0 Å². The van der Waals surface area contributed by atoms with Gasteiger partial charge in [0.25, 0.3) is 0 Å². The zero-order chi connectivity index (χ0) is 10.4. The average molecular weight is 208 g/mol. The topological polar surface area (TPSA) is 3.24 Å². The van der Waals surface area contributed by atoms with E-state index in [4.69, 9.17) is 11.6 Å². The molecule has 0 aliphatic carbocycles. The van der Waals surface area contributed by atoms with Gasteiger partial charge in [-0.15, -0.1) is 13.2 Å². The van der Waals surface area contributed by atoms with E-state index in [0.29, 0.717) is 0 Å². The molecule has 2 heteroatoms. The number of hydrogen-bond donors (Lipinski definition) is 0. The number of benzene rings is 1. The number of hydrogen-bond acceptors (Lipinski definition) is 1. The lowest BCUT2D eigenvalue weighted by molar-refractivity contribution is 0.957. The van der Waals surface area contributed by atoms with Crippen LogP contribution >= 0.6 is 11.6 Å². The smallest absolute Gasteiger partial charge is 0.0639 e. The summed E-state index contributed by atoms with van der Waals surface area (Å²) in [6.45, 7) is 8.98. The number of halogens is 1. The van der Waals surface area contributed by atoms with E-state index >= 15 is 0 Å². The van der Waals surface area contributed by atoms with Crippen molar-refractivity contribution in [1.29, 1.82) is 0 Å². The van der Waals surface area contributed by atoms with Gasteiger partial charge >= 0.3 is 0 Å². The predicted molar refractivity (Wildman–Crippen MR) is 64.1 cm³/mol. The van der Waals surface area contributed by atoms with E-state index in [1.807, 2.05) is 36.4 Å². The molecule has 0 heterocycles. The summed E-state index contributed by atoms with van der Waals surface area (Å²) in [6.07, 6.45) is 3.71. The van der Waals surface area contributed by atoms with Crippen LogP contribution in [0.4, 0.5) is 5.69 Å². The highest BCUT2D eigenvalue weighted by atomic mass is 35.5. The van der Waals surface area contributed by atoms with Crippen LogP contribution in [0.5, 0.6) is 0 Å². The molecule has 0 N–H and O–H groups in total. The minimum atomic E-state index is 0.760. The van der Waals surface area contributed by atoms with Crippen LogP contribution in [-0.2, 0) is 0 Å². The normalized spacial score (nSPS) is 9.50. The van der Waals surface area contributed by atoms with Crippen LogP contribution in [-0.4, -0.2) is 13.1 Å². The number of nitrogens with zero attached hydrogens (tertiary/aromatic N) is 1. The first-order valence-corrected chi connectivity index (χ1v) is 4.88. The zero-order valence-corrected chi connectivity index (χ0v) is 8.87. The van der Waals surface area contributed by atoms with Crippen LogP contribution in [0.2, 0.25) is 5.02 Å². The summed E-state index contributed by atoms with van der Waals surface area (Å²) in [4.78, 5) is 2.11. The number of rotatable bonds is 5. The fourth-order valence-corrected chi connectivity index (χ4v) is 1.55. The van der Waals surface area contributed by atoms with Gasteiger partial charge in [-0.2, -0.15) is 0 Å². The maximum atomic E-state index is 6.08. The van der Waals surface area contributed by atoms with Gasteiger partial charge in [0.2, 0.25) is 0 Å². The van der Waals surface area contributed by atoms with E-state index in [2.05, 4.69) is 18.1 Å². The largest absolute Gasteiger partial charge is 0.363 e. The van der Waals surface area contributed by atoms with Crippen molar-refractivity contribution in [3.63, 3.8) is 0 Å². The number of anilines is 1. The molecule has 0 bridgehead atoms. The second kappa shape index (κ2) is 5.51. The van der Waals surface area contributed by atoms with Crippen molar-refractivity contribution in [2.45, 2.75) is 0 Å². The van der Waals surface area contributed by atoms with Gasteiger partial charge < -0.3 is 4.90 Å². The summed E-state index contributed by atoms with van der Waals surface area (Å²) < 4.78 is 0. The molecule has 0 spiro atoms. The Morgan fingerprint density at radius 2 is 1.71 bits per heavy atom. The Morgan fingerprint density at radius 1 is 1.14 bits per heavy atom. The third-order valence-electron chi connectivity index (χ3n) is 1.89. The molecule has 1 nitrogen and oxygen atoms in total. The maximum absolute atomic E-state index is 6.08. The fourth-order valence-electron chi connectivity index (χ4n) is 1.29. The summed E-state index contributed by atoms with van der Waals surface area (Å²) in [7, 11) is 0. The summed E-state index contributed by atoms with van der Waals surface area (Å²) in [5.74, 6) is 0. The summed E-state index contributed by atoms with van der Waals surface area (Å²) in [5, 5.41) is 0.760. The SMILES string of the molecule is C=CCN(CC=C)c1ccccc1Cl. The van der Waals surface area contributed by atoms with Gasteiger partial charge in [-0.1, -0.05) is 35.9 Å². The lowest BCUT2D eigenvalue weighted by Gasteiger charge is -2.22. The van der Waals surface area contributed by atoms with E-state index in [9.17, 15) is 0 Å². The van der Waals surface area contributed by atoms with Gasteiger partial charge in [0.05, 0.1) is 10.7 Å². The molecule has 0 atom stereocenters. The molecule has 1 aromatic carbocycles. The minimum Gasteiger partial charge on any atom is -0.363 e. The van der Waals surface area contributed by atoms with E-state index in [0.717, 1.165) is 23.8 Å². The quantitative estimate of drug-likeness (QED) is 0.668. The Kier molecular flexibility index (Phi) is 4.27. The van der Waals surface area contributed by atoms with Gasteiger partial charge in [0, 0.05) is 13.1 Å². The predicted octanol–water partition coefficient (Wildman–Crippen LogP) is 3.52. The van der Waals surface area contributed by atoms with Crippen LogP contribution in [0.15, 0.2) is 49.6 Å². The highest BCUT2D eigenvalue weighted by Gasteiger charge is 2.05. The third-order valence-corrected chi connectivity index (χ3v) is 2.21. The van der Waals surface area contributed by atoms with Crippen molar-refractivity contribution in [3.05, 3.63) is 54.6 Å². The fraction of sp³-hybridized carbons (Fsp3) is 0.167. The third kappa shape index (κ3) is 2.64. The monoisotopic (exact) mass is 207 g/mol. The summed E-state index contributed by atoms with van der Waals surface area (Å²) in [5.41, 5.74) is 1.02. The average Bonchev–Trinajstić information content (AvgIpc) is 2.18. The molecule has 0 aliphatic heterocycles. The van der Waals surface area contributed by atoms with Crippen LogP contribution in [0.25, 0.3) is 0 Å². The Hall–Kier alpha value is -1.21. The van der Waals surface area contributed by atoms with Gasteiger partial charge in [0.1, 0.15) is 0 Å². The molecule has 0 aliphatic rings. The Morgan fingerprint density at radius 3 is 2.21 bits per heavy atom. The van der Waals surface area contributed by atoms with Crippen molar-refractivity contribution in [2.24, 2.45) is 0 Å². The van der Waals surface area contributed by atoms with E-state index in [1.165, 1.54) is 0 Å². The van der Waals surface area contributed by atoms with Crippen molar-refractivity contribution >= 4 is 17.3 Å². The Balaban J connectivity index is 2.91. The van der Waals surface area contributed by atoms with Crippen molar-refractivity contribution in [2.75, 3.05) is 18.0 Å². The lowest BCUT2D eigenvalue weighted by Crippen LogP contribution is -2.23. The second-order valence-electron chi connectivity index (χ2n) is 2.93. The molecular formula is C12H14ClN. The first-order valence-electron chi connectivity index (χ1n) is 4.51. The number of para-hydroxylation sites is 1. The highest BCUT2D eigenvalue weighted by molar-refractivity contribution is 6.33. The molecule has 0 saturated carbocycles. The molecular weight excluding hydrogens is 194 g/mol. The summed E-state index contributed by atoms with van der Waals surface area (Å²) in [6, 6.07) is 7.78. The molecule has 0 fully saturated rings. The maximum Gasteiger partial charge on any atom is 0.0639 e. The van der Waals surface area contributed by atoms with E-state index < -0.39 is 0 Å². The molecule has 1 aromatic rings. The van der Waals surface area contributed by atoms with Crippen molar-refractivity contribution in [1.82, 2.24) is 0 Å². The molecule has 74 valence electrons. The van der Waals surface area contributed by atoms with E-state index in [1.54, 1.807) is 0 Å². The van der Waals surface area contributed by atoms with Crippen molar-refractivity contribution in [3.8, 4) is 0 Å². The molecule has 0 saturated heterocycles. The van der Waals surface area contributed by atoms with Gasteiger partial charge in [-0.05, 0) is 12.1 Å². The molecule has 0 unspecified atom stereocenters. The lowest BCUT2D eigenvalue weighted by atomic mass is 10.3. The second-order valence-corrected chi connectivity index (χ2v) is 3.34. The Bertz CT molecular complexity index is 310.